The molecule has 0 aliphatic rings. The number of nitrogens with zero attached hydrogens (tertiary/aromatic N) is 2. The summed E-state index contributed by atoms with van der Waals surface area (Å²) in [6, 6.07) is 14.5. The molecule has 0 radical (unpaired) electrons. The van der Waals surface area contributed by atoms with Crippen LogP contribution in [0.25, 0.3) is 22.2 Å². The van der Waals surface area contributed by atoms with Crippen molar-refractivity contribution in [2.24, 2.45) is 5.73 Å². The van der Waals surface area contributed by atoms with E-state index < -0.39 is 0 Å². The van der Waals surface area contributed by atoms with Crippen LogP contribution >= 0.6 is 24.8 Å². The summed E-state index contributed by atoms with van der Waals surface area (Å²) in [7, 11) is 1.70. The number of rotatable bonds is 7. The molecule has 142 valence electrons. The van der Waals surface area contributed by atoms with Crippen LogP contribution in [-0.2, 0) is 13.0 Å². The van der Waals surface area contributed by atoms with Crippen molar-refractivity contribution >= 4 is 35.8 Å². The summed E-state index contributed by atoms with van der Waals surface area (Å²) in [4.78, 5) is 4.84. The summed E-state index contributed by atoms with van der Waals surface area (Å²) in [5.41, 5.74) is 10.2. The first-order valence-corrected chi connectivity index (χ1v) is 8.61. The summed E-state index contributed by atoms with van der Waals surface area (Å²) < 4.78 is 7.81. The van der Waals surface area contributed by atoms with Crippen LogP contribution in [0.5, 0.6) is 5.75 Å². The van der Waals surface area contributed by atoms with Gasteiger partial charge in [-0.05, 0) is 36.7 Å². The van der Waals surface area contributed by atoms with E-state index in [4.69, 9.17) is 15.5 Å². The van der Waals surface area contributed by atoms with Crippen LogP contribution in [0, 0.1) is 0 Å². The number of hydrogen-bond donors (Lipinski definition) is 1. The largest absolute Gasteiger partial charge is 0.496 e. The van der Waals surface area contributed by atoms with Crippen LogP contribution in [0.15, 0.2) is 42.5 Å². The Morgan fingerprint density at radius 2 is 1.88 bits per heavy atom. The molecule has 0 aliphatic heterocycles. The van der Waals surface area contributed by atoms with Gasteiger partial charge in [0.2, 0.25) is 0 Å². The lowest BCUT2D eigenvalue weighted by Crippen LogP contribution is -2.10. The van der Waals surface area contributed by atoms with Crippen molar-refractivity contribution < 1.29 is 4.74 Å². The molecular weight excluding hydrogens is 369 g/mol. The molecule has 0 bridgehead atoms. The molecule has 1 aromatic heterocycles. The molecule has 0 fully saturated rings. The van der Waals surface area contributed by atoms with Crippen molar-refractivity contribution in [1.82, 2.24) is 9.55 Å². The number of hydrogen-bond acceptors (Lipinski definition) is 3. The number of fused-ring (bicyclic) bond motifs is 1. The molecule has 0 spiro atoms. The van der Waals surface area contributed by atoms with Crippen LogP contribution < -0.4 is 10.5 Å². The van der Waals surface area contributed by atoms with Crippen LogP contribution in [0.4, 0.5) is 0 Å². The Morgan fingerprint density at radius 1 is 1.12 bits per heavy atom. The topological polar surface area (TPSA) is 53.1 Å². The number of unbranched alkanes of at least 4 members (excludes halogenated alkanes) is 1. The van der Waals surface area contributed by atoms with Crippen molar-refractivity contribution in [3.63, 3.8) is 0 Å². The van der Waals surface area contributed by atoms with Gasteiger partial charge in [0.15, 0.2) is 0 Å². The first-order chi connectivity index (χ1) is 11.8. The molecule has 0 unspecified atom stereocenters. The molecule has 4 nitrogen and oxygen atoms in total. The Morgan fingerprint density at radius 3 is 2.58 bits per heavy atom. The second-order valence-corrected chi connectivity index (χ2v) is 5.98. The fourth-order valence-corrected chi connectivity index (χ4v) is 3.12. The highest BCUT2D eigenvalue weighted by atomic mass is 35.5. The lowest BCUT2D eigenvalue weighted by molar-refractivity contribution is 0.416. The van der Waals surface area contributed by atoms with E-state index in [2.05, 4.69) is 35.8 Å². The summed E-state index contributed by atoms with van der Waals surface area (Å²) in [6.45, 7) is 3.83. The Bertz CT molecular complexity index is 833. The van der Waals surface area contributed by atoms with Gasteiger partial charge in [-0.1, -0.05) is 37.6 Å². The third-order valence-corrected chi connectivity index (χ3v) is 4.35. The number of ether oxygens (including phenoxy) is 1. The quantitative estimate of drug-likeness (QED) is 0.621. The number of halogens is 2. The van der Waals surface area contributed by atoms with Gasteiger partial charge in [-0.25, -0.2) is 4.98 Å². The van der Waals surface area contributed by atoms with Gasteiger partial charge in [0.25, 0.3) is 0 Å². The zero-order valence-electron chi connectivity index (χ0n) is 15.3. The summed E-state index contributed by atoms with van der Waals surface area (Å²) >= 11 is 0. The Labute approximate surface area is 167 Å². The number of nitrogens with two attached hydrogens (primary N) is 1. The van der Waals surface area contributed by atoms with Gasteiger partial charge < -0.3 is 15.0 Å². The molecule has 0 amide bonds. The summed E-state index contributed by atoms with van der Waals surface area (Å²) in [5.74, 6) is 1.96. The standard InChI is InChI=1S/C20H25N3O.2ClH/c1-3-4-13-23-18-10-9-15(14-17(18)22-20(23)11-12-21)16-7-5-6-8-19(16)24-2;;/h5-10,14H,3-4,11-13,21H2,1-2H3;2*1H. The molecule has 2 aromatic carbocycles. The van der Waals surface area contributed by atoms with E-state index in [0.717, 1.165) is 47.6 Å². The van der Waals surface area contributed by atoms with E-state index in [1.165, 1.54) is 11.9 Å². The van der Waals surface area contributed by atoms with Gasteiger partial charge in [0.05, 0.1) is 18.1 Å². The van der Waals surface area contributed by atoms with Crippen molar-refractivity contribution in [2.75, 3.05) is 13.7 Å². The maximum Gasteiger partial charge on any atom is 0.126 e. The normalized spacial score (nSPS) is 10.3. The second-order valence-electron chi connectivity index (χ2n) is 5.98. The van der Waals surface area contributed by atoms with Crippen molar-refractivity contribution in [3.8, 4) is 16.9 Å². The molecule has 0 saturated heterocycles. The third kappa shape index (κ3) is 4.50. The minimum atomic E-state index is 0. The van der Waals surface area contributed by atoms with E-state index in [-0.39, 0.29) is 24.8 Å². The zero-order chi connectivity index (χ0) is 16.9. The number of aromatic nitrogens is 2. The minimum Gasteiger partial charge on any atom is -0.496 e. The molecule has 0 saturated carbocycles. The fraction of sp³-hybridized carbons (Fsp3) is 0.350. The fourth-order valence-electron chi connectivity index (χ4n) is 3.12. The van der Waals surface area contributed by atoms with E-state index in [1.54, 1.807) is 7.11 Å². The van der Waals surface area contributed by atoms with E-state index in [9.17, 15) is 0 Å². The molecule has 2 N–H and O–H groups in total. The molecule has 0 atom stereocenters. The molecule has 0 aliphatic carbocycles. The minimum absolute atomic E-state index is 0. The molecule has 3 aromatic rings. The highest BCUT2D eigenvalue weighted by molar-refractivity contribution is 5.86. The molecule has 3 rings (SSSR count). The predicted molar refractivity (Wildman–Crippen MR) is 114 cm³/mol. The second kappa shape index (κ2) is 10.4. The number of para-hydroxylation sites is 1. The number of benzene rings is 2. The SMILES string of the molecule is CCCCn1c(CCN)nc2cc(-c3ccccc3OC)ccc21.Cl.Cl. The highest BCUT2D eigenvalue weighted by Crippen LogP contribution is 2.32. The third-order valence-electron chi connectivity index (χ3n) is 4.35. The zero-order valence-corrected chi connectivity index (χ0v) is 16.9. The van der Waals surface area contributed by atoms with Crippen LogP contribution in [0.1, 0.15) is 25.6 Å². The first kappa shape index (κ1) is 22.3. The van der Waals surface area contributed by atoms with Gasteiger partial charge in [0.1, 0.15) is 11.6 Å². The van der Waals surface area contributed by atoms with Crippen molar-refractivity contribution in [1.29, 1.82) is 0 Å². The molecule has 1 heterocycles. The average molecular weight is 396 g/mol. The average Bonchev–Trinajstić information content (AvgIpc) is 2.96. The van der Waals surface area contributed by atoms with Gasteiger partial charge in [-0.3, -0.25) is 0 Å². The molecular formula is C20H27Cl2N3O. The maximum atomic E-state index is 5.77. The Balaban J connectivity index is 0.00000169. The highest BCUT2D eigenvalue weighted by Gasteiger charge is 2.12. The predicted octanol–water partition coefficient (Wildman–Crippen LogP) is 4.86. The monoisotopic (exact) mass is 395 g/mol. The van der Waals surface area contributed by atoms with Crippen molar-refractivity contribution in [2.45, 2.75) is 32.7 Å². The molecule has 6 heteroatoms. The smallest absolute Gasteiger partial charge is 0.126 e. The van der Waals surface area contributed by atoms with E-state index in [1.807, 2.05) is 18.2 Å². The Hall–Kier alpha value is -1.75. The van der Waals surface area contributed by atoms with Crippen LogP contribution in [-0.4, -0.2) is 23.2 Å². The first-order valence-electron chi connectivity index (χ1n) is 8.61. The van der Waals surface area contributed by atoms with Gasteiger partial charge >= 0.3 is 0 Å². The van der Waals surface area contributed by atoms with Gasteiger partial charge in [-0.15, -0.1) is 24.8 Å². The van der Waals surface area contributed by atoms with Crippen LogP contribution in [0.2, 0.25) is 0 Å². The van der Waals surface area contributed by atoms with E-state index >= 15 is 0 Å². The number of aryl methyl sites for hydroxylation is 1. The summed E-state index contributed by atoms with van der Waals surface area (Å²) in [5, 5.41) is 0. The van der Waals surface area contributed by atoms with Crippen LogP contribution in [0.3, 0.4) is 0 Å². The maximum absolute atomic E-state index is 5.77. The Kier molecular flexibility index (Phi) is 8.93. The molecule has 26 heavy (non-hydrogen) atoms. The van der Waals surface area contributed by atoms with Gasteiger partial charge in [0, 0.05) is 18.5 Å². The van der Waals surface area contributed by atoms with Crippen molar-refractivity contribution in [3.05, 3.63) is 48.3 Å². The number of imidazole rings is 1. The van der Waals surface area contributed by atoms with E-state index in [0.29, 0.717) is 6.54 Å². The summed E-state index contributed by atoms with van der Waals surface area (Å²) in [6.07, 6.45) is 3.13. The number of methoxy groups -OCH3 is 1. The lowest BCUT2D eigenvalue weighted by Gasteiger charge is -2.09. The van der Waals surface area contributed by atoms with Gasteiger partial charge in [-0.2, -0.15) is 0 Å². The lowest BCUT2D eigenvalue weighted by atomic mass is 10.0.